The zero-order valence-corrected chi connectivity index (χ0v) is 15.2. The van der Waals surface area contributed by atoms with Crippen LogP contribution < -0.4 is 14.8 Å². The molecule has 10 heteroatoms. The Hall–Kier alpha value is -3.14. The van der Waals surface area contributed by atoms with Gasteiger partial charge in [0.15, 0.2) is 0 Å². The van der Waals surface area contributed by atoms with Crippen molar-refractivity contribution in [3.05, 3.63) is 58.1 Å². The SMILES string of the molecule is COc1ccc([N+](=O)[O-])cc1NS(=O)(=O)c1ccc(C(=O)NC2CC2)cc1. The largest absolute Gasteiger partial charge is 0.495 e. The number of rotatable bonds is 7. The van der Waals surface area contributed by atoms with Gasteiger partial charge in [-0.05, 0) is 43.2 Å². The van der Waals surface area contributed by atoms with Crippen LogP contribution in [0.5, 0.6) is 5.75 Å². The Bertz CT molecular complexity index is 984. The molecular formula is C17H17N3O6S. The number of nitrogens with zero attached hydrogens (tertiary/aromatic N) is 1. The smallest absolute Gasteiger partial charge is 0.271 e. The summed E-state index contributed by atoms with van der Waals surface area (Å²) >= 11 is 0. The summed E-state index contributed by atoms with van der Waals surface area (Å²) in [5.41, 5.74) is 0.0247. The predicted molar refractivity (Wildman–Crippen MR) is 97.4 cm³/mol. The average molecular weight is 391 g/mol. The number of ether oxygens (including phenoxy) is 1. The van der Waals surface area contributed by atoms with E-state index in [4.69, 9.17) is 4.74 Å². The Labute approximate surface area is 155 Å². The second kappa shape index (κ2) is 7.23. The average Bonchev–Trinajstić information content (AvgIpc) is 3.45. The monoisotopic (exact) mass is 391 g/mol. The molecule has 3 rings (SSSR count). The Morgan fingerprint density at radius 3 is 2.41 bits per heavy atom. The molecule has 2 aromatic carbocycles. The van der Waals surface area contributed by atoms with Gasteiger partial charge in [-0.2, -0.15) is 0 Å². The second-order valence-electron chi connectivity index (χ2n) is 6.02. The van der Waals surface area contributed by atoms with Crippen LogP contribution in [0.25, 0.3) is 0 Å². The van der Waals surface area contributed by atoms with Crippen molar-refractivity contribution < 1.29 is 22.9 Å². The van der Waals surface area contributed by atoms with Crippen LogP contribution in [0.4, 0.5) is 11.4 Å². The van der Waals surface area contributed by atoms with Gasteiger partial charge in [0, 0.05) is 23.7 Å². The van der Waals surface area contributed by atoms with E-state index in [0.717, 1.165) is 18.9 Å². The molecule has 0 saturated heterocycles. The van der Waals surface area contributed by atoms with Gasteiger partial charge in [-0.25, -0.2) is 8.42 Å². The van der Waals surface area contributed by atoms with Gasteiger partial charge in [0.2, 0.25) is 0 Å². The van der Waals surface area contributed by atoms with Crippen molar-refractivity contribution in [2.45, 2.75) is 23.8 Å². The molecular weight excluding hydrogens is 374 g/mol. The number of hydrogen-bond donors (Lipinski definition) is 2. The maximum atomic E-state index is 12.6. The van der Waals surface area contributed by atoms with Crippen molar-refractivity contribution in [3.63, 3.8) is 0 Å². The van der Waals surface area contributed by atoms with Gasteiger partial charge in [-0.15, -0.1) is 0 Å². The number of benzene rings is 2. The number of nitro benzene ring substituents is 1. The molecule has 142 valence electrons. The fraction of sp³-hybridized carbons (Fsp3) is 0.235. The molecule has 2 N–H and O–H groups in total. The third kappa shape index (κ3) is 4.34. The summed E-state index contributed by atoms with van der Waals surface area (Å²) in [6.07, 6.45) is 1.90. The summed E-state index contributed by atoms with van der Waals surface area (Å²) in [6.45, 7) is 0. The topological polar surface area (TPSA) is 128 Å². The molecule has 1 fully saturated rings. The van der Waals surface area contributed by atoms with Crippen LogP contribution in [0.3, 0.4) is 0 Å². The lowest BCUT2D eigenvalue weighted by Crippen LogP contribution is -2.25. The van der Waals surface area contributed by atoms with Crippen LogP contribution >= 0.6 is 0 Å². The van der Waals surface area contributed by atoms with E-state index in [-0.39, 0.29) is 34.0 Å². The number of carbonyl (C=O) groups is 1. The molecule has 9 nitrogen and oxygen atoms in total. The molecule has 0 aromatic heterocycles. The molecule has 1 amide bonds. The third-order valence-corrected chi connectivity index (χ3v) is 5.36. The minimum Gasteiger partial charge on any atom is -0.495 e. The Morgan fingerprint density at radius 1 is 1.19 bits per heavy atom. The Balaban J connectivity index is 1.83. The Morgan fingerprint density at radius 2 is 1.85 bits per heavy atom. The van der Waals surface area contributed by atoms with Crippen molar-refractivity contribution in [1.29, 1.82) is 0 Å². The van der Waals surface area contributed by atoms with E-state index in [1.807, 2.05) is 0 Å². The molecule has 1 aliphatic rings. The summed E-state index contributed by atoms with van der Waals surface area (Å²) in [5.74, 6) is -0.112. The fourth-order valence-corrected chi connectivity index (χ4v) is 3.44. The number of non-ortho nitro benzene ring substituents is 1. The summed E-state index contributed by atoms with van der Waals surface area (Å²) < 4.78 is 32.5. The lowest BCUT2D eigenvalue weighted by molar-refractivity contribution is -0.384. The minimum atomic E-state index is -4.03. The van der Waals surface area contributed by atoms with Crippen LogP contribution in [0.15, 0.2) is 47.4 Å². The molecule has 1 aliphatic carbocycles. The van der Waals surface area contributed by atoms with Crippen LogP contribution in [0.1, 0.15) is 23.2 Å². The minimum absolute atomic E-state index is 0.0535. The van der Waals surface area contributed by atoms with E-state index in [2.05, 4.69) is 10.0 Å². The molecule has 0 atom stereocenters. The second-order valence-corrected chi connectivity index (χ2v) is 7.70. The van der Waals surface area contributed by atoms with E-state index in [0.29, 0.717) is 5.56 Å². The first-order valence-electron chi connectivity index (χ1n) is 8.06. The molecule has 0 unspecified atom stereocenters. The molecule has 0 bridgehead atoms. The number of anilines is 1. The fourth-order valence-electron chi connectivity index (χ4n) is 2.37. The van der Waals surface area contributed by atoms with Gasteiger partial charge in [0.05, 0.1) is 22.6 Å². The van der Waals surface area contributed by atoms with Crippen LogP contribution in [-0.2, 0) is 10.0 Å². The van der Waals surface area contributed by atoms with Crippen LogP contribution in [0, 0.1) is 10.1 Å². The van der Waals surface area contributed by atoms with Gasteiger partial charge in [0.1, 0.15) is 5.75 Å². The number of amides is 1. The molecule has 0 heterocycles. The number of sulfonamides is 1. The van der Waals surface area contributed by atoms with Gasteiger partial charge < -0.3 is 10.1 Å². The summed E-state index contributed by atoms with van der Waals surface area (Å²) in [6, 6.07) is 9.22. The zero-order chi connectivity index (χ0) is 19.6. The molecule has 2 aromatic rings. The predicted octanol–water partition coefficient (Wildman–Crippen LogP) is 2.30. The van der Waals surface area contributed by atoms with Crippen molar-refractivity contribution >= 4 is 27.3 Å². The van der Waals surface area contributed by atoms with Crippen LogP contribution in [-0.4, -0.2) is 32.4 Å². The van der Waals surface area contributed by atoms with Crippen molar-refractivity contribution in [2.75, 3.05) is 11.8 Å². The molecule has 0 spiro atoms. The van der Waals surface area contributed by atoms with Crippen molar-refractivity contribution in [3.8, 4) is 5.75 Å². The highest BCUT2D eigenvalue weighted by atomic mass is 32.2. The molecule has 27 heavy (non-hydrogen) atoms. The summed E-state index contributed by atoms with van der Waals surface area (Å²) in [7, 11) is -2.70. The van der Waals surface area contributed by atoms with E-state index < -0.39 is 14.9 Å². The number of nitro groups is 1. The highest BCUT2D eigenvalue weighted by molar-refractivity contribution is 7.92. The number of carbonyl (C=O) groups excluding carboxylic acids is 1. The normalized spacial score (nSPS) is 13.7. The van der Waals surface area contributed by atoms with Gasteiger partial charge in [-0.3, -0.25) is 19.6 Å². The van der Waals surface area contributed by atoms with Crippen LogP contribution in [0.2, 0.25) is 0 Å². The highest BCUT2D eigenvalue weighted by Crippen LogP contribution is 2.31. The number of methoxy groups -OCH3 is 1. The van der Waals surface area contributed by atoms with Crippen molar-refractivity contribution in [1.82, 2.24) is 5.32 Å². The van der Waals surface area contributed by atoms with E-state index in [1.54, 1.807) is 0 Å². The first-order chi connectivity index (χ1) is 12.8. The summed E-state index contributed by atoms with van der Waals surface area (Å²) in [5, 5.41) is 13.7. The standard InChI is InChI=1S/C17H17N3O6S/c1-26-16-9-6-13(20(22)23)10-15(16)19-27(24,25)14-7-2-11(3-8-14)17(21)18-12-4-5-12/h2-3,6-10,12,19H,4-5H2,1H3,(H,18,21). The quantitative estimate of drug-likeness (QED) is 0.551. The van der Waals surface area contributed by atoms with Gasteiger partial charge >= 0.3 is 0 Å². The van der Waals surface area contributed by atoms with Crippen molar-refractivity contribution in [2.24, 2.45) is 0 Å². The number of nitrogens with one attached hydrogen (secondary N) is 2. The van der Waals surface area contributed by atoms with Gasteiger partial charge in [0.25, 0.3) is 21.6 Å². The zero-order valence-electron chi connectivity index (χ0n) is 14.3. The third-order valence-electron chi connectivity index (χ3n) is 3.98. The maximum Gasteiger partial charge on any atom is 0.271 e. The molecule has 1 saturated carbocycles. The first kappa shape index (κ1) is 18.6. The molecule has 0 aliphatic heterocycles. The summed E-state index contributed by atoms with van der Waals surface area (Å²) in [4.78, 5) is 22.2. The maximum absolute atomic E-state index is 12.6. The lowest BCUT2D eigenvalue weighted by Gasteiger charge is -2.12. The Kier molecular flexibility index (Phi) is 5.00. The highest BCUT2D eigenvalue weighted by Gasteiger charge is 2.24. The van der Waals surface area contributed by atoms with Gasteiger partial charge in [-0.1, -0.05) is 0 Å². The molecule has 0 radical (unpaired) electrons. The first-order valence-corrected chi connectivity index (χ1v) is 9.54. The van der Waals surface area contributed by atoms with E-state index in [1.165, 1.54) is 43.5 Å². The lowest BCUT2D eigenvalue weighted by atomic mass is 10.2. The number of hydrogen-bond acceptors (Lipinski definition) is 6. The van der Waals surface area contributed by atoms with E-state index >= 15 is 0 Å². The van der Waals surface area contributed by atoms with E-state index in [9.17, 15) is 23.3 Å².